The molecular formula is C14H20INO3. The Hall–Kier alpha value is -0.820. The lowest BCUT2D eigenvalue weighted by molar-refractivity contribution is -0.119. The van der Waals surface area contributed by atoms with Crippen LogP contribution in [0.1, 0.15) is 19.8 Å². The molecule has 0 aliphatic heterocycles. The minimum absolute atomic E-state index is 0.00787. The Morgan fingerprint density at radius 1 is 1.37 bits per heavy atom. The lowest BCUT2D eigenvalue weighted by Crippen LogP contribution is -2.14. The highest BCUT2D eigenvalue weighted by molar-refractivity contribution is 14.1. The highest BCUT2D eigenvalue weighted by Gasteiger charge is 2.00. The van der Waals surface area contributed by atoms with Gasteiger partial charge in [0, 0.05) is 13.0 Å². The van der Waals surface area contributed by atoms with Crippen molar-refractivity contribution < 1.29 is 14.3 Å². The molecule has 0 bridgehead atoms. The van der Waals surface area contributed by atoms with E-state index in [4.69, 9.17) is 9.47 Å². The van der Waals surface area contributed by atoms with Crippen LogP contribution in [0.4, 0.5) is 0 Å². The van der Waals surface area contributed by atoms with E-state index in [0.717, 1.165) is 12.2 Å². The number of allylic oxidation sites excluding steroid dienone is 5. The molecule has 1 atom stereocenters. The minimum atomic E-state index is -0.00787. The third-order valence-corrected chi connectivity index (χ3v) is 3.12. The van der Waals surface area contributed by atoms with Gasteiger partial charge in [0.25, 0.3) is 0 Å². The van der Waals surface area contributed by atoms with Gasteiger partial charge in [0.1, 0.15) is 5.76 Å². The first-order valence-corrected chi connectivity index (χ1v) is 7.47. The average Bonchev–Trinajstić information content (AvgIpc) is 2.62. The van der Waals surface area contributed by atoms with Crippen molar-refractivity contribution in [1.29, 1.82) is 0 Å². The molecule has 1 aliphatic rings. The van der Waals surface area contributed by atoms with Crippen molar-refractivity contribution in [2.75, 3.05) is 19.8 Å². The van der Waals surface area contributed by atoms with E-state index in [9.17, 15) is 4.79 Å². The molecule has 5 heteroatoms. The van der Waals surface area contributed by atoms with Gasteiger partial charge in [-0.25, -0.2) is 0 Å². The summed E-state index contributed by atoms with van der Waals surface area (Å²) in [4.78, 5) is 10.9. The van der Waals surface area contributed by atoms with Crippen LogP contribution in [-0.2, 0) is 14.3 Å². The largest absolute Gasteiger partial charge is 0.494 e. The zero-order chi connectivity index (χ0) is 13.9. The first kappa shape index (κ1) is 16.2. The molecule has 0 aromatic carbocycles. The fourth-order valence-corrected chi connectivity index (χ4v) is 1.72. The number of nitrogens with one attached hydrogen (secondary N) is 1. The summed E-state index contributed by atoms with van der Waals surface area (Å²) >= 11 is 1.82. The summed E-state index contributed by atoms with van der Waals surface area (Å²) in [6, 6.07) is 0. The van der Waals surface area contributed by atoms with E-state index in [1.165, 1.54) is 0 Å². The molecule has 1 N–H and O–H groups in total. The summed E-state index contributed by atoms with van der Waals surface area (Å²) in [5.41, 5.74) is 0. The molecule has 106 valence electrons. The van der Waals surface area contributed by atoms with Gasteiger partial charge in [0.15, 0.2) is 0 Å². The third-order valence-electron chi connectivity index (χ3n) is 2.52. The molecule has 0 saturated heterocycles. The average molecular weight is 377 g/mol. The normalized spacial score (nSPS) is 17.8. The summed E-state index contributed by atoms with van der Waals surface area (Å²) in [7, 11) is 0. The molecule has 1 unspecified atom stereocenters. The number of hydrogen-bond donors (Lipinski definition) is 1. The Labute approximate surface area is 128 Å². The predicted molar refractivity (Wildman–Crippen MR) is 83.7 cm³/mol. The Kier molecular flexibility index (Phi) is 8.57. The lowest BCUT2D eigenvalue weighted by atomic mass is 10.2. The highest BCUT2D eigenvalue weighted by Crippen LogP contribution is 2.10. The van der Waals surface area contributed by atoms with Crippen molar-refractivity contribution in [2.45, 2.75) is 19.8 Å². The van der Waals surface area contributed by atoms with Crippen molar-refractivity contribution in [3.8, 4) is 0 Å². The molecule has 0 aromatic heterocycles. The summed E-state index contributed by atoms with van der Waals surface area (Å²) in [6.45, 7) is 3.82. The van der Waals surface area contributed by atoms with Gasteiger partial charge in [0.2, 0.25) is 5.91 Å². The second kappa shape index (κ2) is 10.0. The molecule has 1 aliphatic carbocycles. The number of halogens is 1. The van der Waals surface area contributed by atoms with Crippen LogP contribution in [0.15, 0.2) is 36.1 Å². The molecule has 4 nitrogen and oxygen atoms in total. The van der Waals surface area contributed by atoms with E-state index >= 15 is 0 Å². The first-order chi connectivity index (χ1) is 9.22. The topological polar surface area (TPSA) is 47.6 Å². The molecule has 1 rings (SSSR count). The standard InChI is InChI=1S/C14H20INO3/c1-12-4-2-5-13(7-6-12)19-10-3-9-18-11-8-14(17)16-15/h2,4-7,12H,3,8-11H2,1H3,(H,16,17). The van der Waals surface area contributed by atoms with E-state index < -0.39 is 0 Å². The Bertz CT molecular complexity index is 364. The summed E-state index contributed by atoms with van der Waals surface area (Å²) < 4.78 is 13.5. The van der Waals surface area contributed by atoms with E-state index in [2.05, 4.69) is 22.6 Å². The predicted octanol–water partition coefficient (Wildman–Crippen LogP) is 2.91. The summed E-state index contributed by atoms with van der Waals surface area (Å²) in [6.07, 6.45) is 11.4. The number of carbonyl (C=O) groups is 1. The zero-order valence-corrected chi connectivity index (χ0v) is 13.3. The number of amides is 1. The number of rotatable bonds is 8. The van der Waals surface area contributed by atoms with Crippen LogP contribution < -0.4 is 3.53 Å². The highest BCUT2D eigenvalue weighted by atomic mass is 127. The van der Waals surface area contributed by atoms with Gasteiger partial charge in [0.05, 0.1) is 42.5 Å². The third kappa shape index (κ3) is 8.05. The molecule has 0 spiro atoms. The minimum Gasteiger partial charge on any atom is -0.494 e. The molecule has 1 amide bonds. The number of carbonyl (C=O) groups excluding carboxylic acids is 1. The van der Waals surface area contributed by atoms with E-state index in [0.29, 0.717) is 32.2 Å². The smallest absolute Gasteiger partial charge is 0.230 e. The van der Waals surface area contributed by atoms with Gasteiger partial charge in [-0.1, -0.05) is 25.2 Å². The number of ether oxygens (including phenoxy) is 2. The Morgan fingerprint density at radius 2 is 2.21 bits per heavy atom. The van der Waals surface area contributed by atoms with Gasteiger partial charge < -0.3 is 9.47 Å². The van der Waals surface area contributed by atoms with Crippen LogP contribution in [0, 0.1) is 5.92 Å². The van der Waals surface area contributed by atoms with Gasteiger partial charge in [-0.15, -0.1) is 0 Å². The lowest BCUT2D eigenvalue weighted by Gasteiger charge is -2.07. The van der Waals surface area contributed by atoms with Crippen LogP contribution in [0.5, 0.6) is 0 Å². The molecule has 0 saturated carbocycles. The maximum Gasteiger partial charge on any atom is 0.230 e. The Balaban J connectivity index is 2.02. The van der Waals surface area contributed by atoms with Crippen LogP contribution in [0.3, 0.4) is 0 Å². The van der Waals surface area contributed by atoms with Crippen LogP contribution >= 0.6 is 22.9 Å². The summed E-state index contributed by atoms with van der Waals surface area (Å²) in [5, 5.41) is 0. The Morgan fingerprint density at radius 3 is 3.00 bits per heavy atom. The zero-order valence-electron chi connectivity index (χ0n) is 11.1. The number of hydrogen-bond acceptors (Lipinski definition) is 3. The fourth-order valence-electron chi connectivity index (χ4n) is 1.45. The fraction of sp³-hybridized carbons (Fsp3) is 0.500. The van der Waals surface area contributed by atoms with Crippen molar-refractivity contribution in [3.63, 3.8) is 0 Å². The van der Waals surface area contributed by atoms with Crippen LogP contribution in [0.25, 0.3) is 0 Å². The molecule has 19 heavy (non-hydrogen) atoms. The molecule has 0 heterocycles. The molecular weight excluding hydrogens is 357 g/mol. The monoisotopic (exact) mass is 377 g/mol. The second-order valence-corrected chi connectivity index (χ2v) is 4.79. The summed E-state index contributed by atoms with van der Waals surface area (Å²) in [5.74, 6) is 1.32. The SMILES string of the molecule is CC1C=CC=C(OCCCOCCC(=O)NI)C=C1. The van der Waals surface area contributed by atoms with Crippen molar-refractivity contribution in [1.82, 2.24) is 3.53 Å². The van der Waals surface area contributed by atoms with Crippen molar-refractivity contribution >= 4 is 28.8 Å². The second-order valence-electron chi connectivity index (χ2n) is 4.25. The van der Waals surface area contributed by atoms with E-state index in [-0.39, 0.29) is 5.91 Å². The molecule has 0 aromatic rings. The van der Waals surface area contributed by atoms with E-state index in [1.54, 1.807) is 0 Å². The maximum atomic E-state index is 10.9. The van der Waals surface area contributed by atoms with Gasteiger partial charge >= 0.3 is 0 Å². The van der Waals surface area contributed by atoms with Crippen molar-refractivity contribution in [3.05, 3.63) is 36.1 Å². The molecule has 0 radical (unpaired) electrons. The van der Waals surface area contributed by atoms with E-state index in [1.807, 2.05) is 41.1 Å². The molecule has 0 fully saturated rings. The van der Waals surface area contributed by atoms with Crippen LogP contribution in [-0.4, -0.2) is 25.7 Å². The van der Waals surface area contributed by atoms with Gasteiger partial charge in [-0.3, -0.25) is 8.32 Å². The van der Waals surface area contributed by atoms with Gasteiger partial charge in [-0.2, -0.15) is 0 Å². The van der Waals surface area contributed by atoms with Crippen molar-refractivity contribution in [2.24, 2.45) is 5.92 Å². The van der Waals surface area contributed by atoms with Gasteiger partial charge in [-0.05, 0) is 18.1 Å². The maximum absolute atomic E-state index is 10.9. The van der Waals surface area contributed by atoms with Crippen LogP contribution in [0.2, 0.25) is 0 Å². The first-order valence-electron chi connectivity index (χ1n) is 6.39. The quantitative estimate of drug-likeness (QED) is 0.402.